The van der Waals surface area contributed by atoms with E-state index in [1.54, 1.807) is 6.07 Å². The van der Waals surface area contributed by atoms with Gasteiger partial charge in [-0.1, -0.05) is 17.7 Å². The average molecular weight is 309 g/mol. The van der Waals surface area contributed by atoms with Crippen molar-refractivity contribution >= 4 is 28.6 Å². The monoisotopic (exact) mass is 308 g/mol. The lowest BCUT2D eigenvalue weighted by atomic mass is 10.3. The van der Waals surface area contributed by atoms with Crippen LogP contribution < -0.4 is 10.1 Å². The summed E-state index contributed by atoms with van der Waals surface area (Å²) in [6.45, 7) is 0.382. The van der Waals surface area contributed by atoms with Crippen LogP contribution in [0, 0.1) is 0 Å². The maximum absolute atomic E-state index is 12.1. The maximum Gasteiger partial charge on any atom is 0.573 e. The Kier molecular flexibility index (Phi) is 4.16. The van der Waals surface area contributed by atoms with E-state index in [1.807, 2.05) is 0 Å². The van der Waals surface area contributed by atoms with Gasteiger partial charge in [-0.3, -0.25) is 0 Å². The molecule has 0 aliphatic rings. The minimum absolute atomic E-state index is 0.269. The van der Waals surface area contributed by atoms with Gasteiger partial charge in [0.05, 0.1) is 12.7 Å². The Balaban J connectivity index is 1.99. The number of benzene rings is 1. The number of ether oxygens (including phenoxy) is 1. The number of nitrogens with zero attached hydrogens (tertiary/aromatic N) is 1. The van der Waals surface area contributed by atoms with Crippen molar-refractivity contribution in [1.82, 2.24) is 4.98 Å². The van der Waals surface area contributed by atoms with E-state index in [1.165, 1.54) is 35.7 Å². The molecule has 2 rings (SSSR count). The highest BCUT2D eigenvalue weighted by Gasteiger charge is 2.31. The van der Waals surface area contributed by atoms with Crippen LogP contribution in [-0.4, -0.2) is 11.3 Å². The van der Waals surface area contributed by atoms with Gasteiger partial charge >= 0.3 is 6.36 Å². The van der Waals surface area contributed by atoms with Crippen molar-refractivity contribution in [3.63, 3.8) is 0 Å². The second-order valence-corrected chi connectivity index (χ2v) is 5.23. The van der Waals surface area contributed by atoms with Gasteiger partial charge in [0.1, 0.15) is 15.1 Å². The van der Waals surface area contributed by atoms with Gasteiger partial charge in [-0.2, -0.15) is 0 Å². The highest BCUT2D eigenvalue weighted by Crippen LogP contribution is 2.25. The van der Waals surface area contributed by atoms with Crippen LogP contribution in [-0.2, 0) is 6.54 Å². The van der Waals surface area contributed by atoms with E-state index in [4.69, 9.17) is 11.6 Å². The third-order valence-electron chi connectivity index (χ3n) is 2.04. The molecule has 0 fully saturated rings. The van der Waals surface area contributed by atoms with Gasteiger partial charge in [0, 0.05) is 11.8 Å². The van der Waals surface area contributed by atoms with E-state index < -0.39 is 6.36 Å². The van der Waals surface area contributed by atoms with Crippen LogP contribution in [0.25, 0.3) is 0 Å². The van der Waals surface area contributed by atoms with Gasteiger partial charge in [-0.15, -0.1) is 24.5 Å². The summed E-state index contributed by atoms with van der Waals surface area (Å²) in [5.41, 5.74) is 0.507. The van der Waals surface area contributed by atoms with Gasteiger partial charge in [0.25, 0.3) is 0 Å². The minimum atomic E-state index is -4.69. The van der Waals surface area contributed by atoms with Crippen molar-refractivity contribution in [3.8, 4) is 5.75 Å². The molecule has 0 spiro atoms. The highest BCUT2D eigenvalue weighted by atomic mass is 35.5. The molecule has 0 atom stereocenters. The largest absolute Gasteiger partial charge is 0.573 e. The Morgan fingerprint density at radius 3 is 2.79 bits per heavy atom. The summed E-state index contributed by atoms with van der Waals surface area (Å²) in [6.07, 6.45) is -3.17. The summed E-state index contributed by atoms with van der Waals surface area (Å²) < 4.78 is 40.6. The zero-order valence-corrected chi connectivity index (χ0v) is 10.9. The molecule has 19 heavy (non-hydrogen) atoms. The van der Waals surface area contributed by atoms with E-state index in [0.717, 1.165) is 5.01 Å². The second kappa shape index (κ2) is 5.66. The van der Waals surface area contributed by atoms with Crippen LogP contribution in [0.2, 0.25) is 4.34 Å². The lowest BCUT2D eigenvalue weighted by molar-refractivity contribution is -0.274. The number of rotatable bonds is 4. The molecule has 0 saturated heterocycles. The summed E-state index contributed by atoms with van der Waals surface area (Å²) in [5, 5.41) is 3.69. The summed E-state index contributed by atoms with van der Waals surface area (Å²) in [6, 6.07) is 5.61. The van der Waals surface area contributed by atoms with Crippen LogP contribution in [0.1, 0.15) is 5.01 Å². The molecule has 8 heteroatoms. The van der Waals surface area contributed by atoms with Crippen molar-refractivity contribution in [3.05, 3.63) is 39.8 Å². The first-order valence-corrected chi connectivity index (χ1v) is 6.32. The van der Waals surface area contributed by atoms with E-state index in [0.29, 0.717) is 16.6 Å². The summed E-state index contributed by atoms with van der Waals surface area (Å²) >= 11 is 7.03. The van der Waals surface area contributed by atoms with Crippen molar-refractivity contribution in [2.45, 2.75) is 12.9 Å². The summed E-state index contributed by atoms with van der Waals surface area (Å²) in [7, 11) is 0. The Morgan fingerprint density at radius 2 is 2.16 bits per heavy atom. The van der Waals surface area contributed by atoms with Crippen molar-refractivity contribution in [2.24, 2.45) is 0 Å². The van der Waals surface area contributed by atoms with Gasteiger partial charge in [0.15, 0.2) is 0 Å². The lowest BCUT2D eigenvalue weighted by Gasteiger charge is -2.10. The highest BCUT2D eigenvalue weighted by molar-refractivity contribution is 7.15. The molecule has 0 amide bonds. The van der Waals surface area contributed by atoms with Crippen LogP contribution in [0.4, 0.5) is 18.9 Å². The molecule has 1 aromatic heterocycles. The Bertz CT molecular complexity index is 559. The summed E-state index contributed by atoms with van der Waals surface area (Å²) in [5.74, 6) is -0.269. The fraction of sp³-hybridized carbons (Fsp3) is 0.182. The smallest absolute Gasteiger partial charge is 0.406 e. The van der Waals surface area contributed by atoms with Gasteiger partial charge in [-0.05, 0) is 12.1 Å². The average Bonchev–Trinajstić information content (AvgIpc) is 2.71. The number of anilines is 1. The molecular weight excluding hydrogens is 301 g/mol. The third-order valence-corrected chi connectivity index (χ3v) is 3.15. The number of hydrogen-bond donors (Lipinski definition) is 1. The number of alkyl halides is 3. The zero-order valence-electron chi connectivity index (χ0n) is 9.37. The van der Waals surface area contributed by atoms with Gasteiger partial charge in [0.2, 0.25) is 0 Å². The van der Waals surface area contributed by atoms with Crippen molar-refractivity contribution in [1.29, 1.82) is 0 Å². The number of thiazole rings is 1. The summed E-state index contributed by atoms with van der Waals surface area (Å²) in [4.78, 5) is 4.03. The van der Waals surface area contributed by atoms with E-state index in [2.05, 4.69) is 15.0 Å². The molecule has 3 nitrogen and oxygen atoms in total. The predicted octanol–water partition coefficient (Wildman–Crippen LogP) is 4.31. The quantitative estimate of drug-likeness (QED) is 0.914. The first-order valence-electron chi connectivity index (χ1n) is 5.12. The molecule has 0 bridgehead atoms. The van der Waals surface area contributed by atoms with E-state index in [-0.39, 0.29) is 5.75 Å². The fourth-order valence-electron chi connectivity index (χ4n) is 1.35. The van der Waals surface area contributed by atoms with Crippen LogP contribution >= 0.6 is 22.9 Å². The first kappa shape index (κ1) is 14.0. The molecule has 0 saturated carbocycles. The molecule has 102 valence electrons. The molecule has 0 unspecified atom stereocenters. The van der Waals surface area contributed by atoms with Crippen molar-refractivity contribution in [2.75, 3.05) is 5.32 Å². The molecular formula is C11H8ClF3N2OS. The normalized spacial score (nSPS) is 11.4. The maximum atomic E-state index is 12.1. The Morgan fingerprint density at radius 1 is 1.37 bits per heavy atom. The Labute approximate surface area is 116 Å². The predicted molar refractivity (Wildman–Crippen MR) is 67.6 cm³/mol. The van der Waals surface area contributed by atoms with Gasteiger partial charge < -0.3 is 10.1 Å². The van der Waals surface area contributed by atoms with E-state index in [9.17, 15) is 13.2 Å². The van der Waals surface area contributed by atoms with Crippen LogP contribution in [0.3, 0.4) is 0 Å². The lowest BCUT2D eigenvalue weighted by Crippen LogP contribution is -2.17. The van der Waals surface area contributed by atoms with Crippen LogP contribution in [0.5, 0.6) is 5.75 Å². The number of aromatic nitrogens is 1. The first-order chi connectivity index (χ1) is 8.92. The number of halogens is 4. The van der Waals surface area contributed by atoms with E-state index >= 15 is 0 Å². The molecule has 1 aromatic carbocycles. The molecule has 1 N–H and O–H groups in total. The topological polar surface area (TPSA) is 34.1 Å². The molecule has 2 aromatic rings. The second-order valence-electron chi connectivity index (χ2n) is 3.49. The standard InChI is InChI=1S/C11H8ClF3N2OS/c12-9-5-17-10(19-9)6-16-7-2-1-3-8(4-7)18-11(13,14)15/h1-5,16H,6H2. The van der Waals surface area contributed by atoms with Crippen LogP contribution in [0.15, 0.2) is 30.5 Å². The molecule has 0 aliphatic carbocycles. The molecule has 0 radical (unpaired) electrons. The number of hydrogen-bond acceptors (Lipinski definition) is 4. The number of nitrogens with one attached hydrogen (secondary N) is 1. The van der Waals surface area contributed by atoms with Gasteiger partial charge in [-0.25, -0.2) is 4.98 Å². The zero-order chi connectivity index (χ0) is 13.9. The third kappa shape index (κ3) is 4.60. The molecule has 1 heterocycles. The van der Waals surface area contributed by atoms with Crippen molar-refractivity contribution < 1.29 is 17.9 Å². The fourth-order valence-corrected chi connectivity index (χ4v) is 2.25. The minimum Gasteiger partial charge on any atom is -0.406 e. The Hall–Kier alpha value is -1.47. The molecule has 0 aliphatic heterocycles. The SMILES string of the molecule is FC(F)(F)Oc1cccc(NCc2ncc(Cl)s2)c1.